The molecular formula is C20H27N3O4. The van der Waals surface area contributed by atoms with Crippen LogP contribution in [0.2, 0.25) is 0 Å². The number of fused-ring (bicyclic) bond motifs is 1. The van der Waals surface area contributed by atoms with Gasteiger partial charge in [0.25, 0.3) is 0 Å². The molecule has 0 amide bonds. The number of carboxylic acid groups (broad SMARTS) is 1. The summed E-state index contributed by atoms with van der Waals surface area (Å²) in [4.78, 5) is 29.5. The predicted molar refractivity (Wildman–Crippen MR) is 102 cm³/mol. The van der Waals surface area contributed by atoms with Gasteiger partial charge in [0.2, 0.25) is 0 Å². The number of nitrogens with zero attached hydrogens (tertiary/aromatic N) is 1. The van der Waals surface area contributed by atoms with Crippen LogP contribution in [0.4, 0.5) is 0 Å². The number of piperidine rings is 1. The zero-order valence-corrected chi connectivity index (χ0v) is 15.9. The summed E-state index contributed by atoms with van der Waals surface area (Å²) in [6.45, 7) is 5.93. The van der Waals surface area contributed by atoms with Gasteiger partial charge in [0, 0.05) is 17.8 Å². The fourth-order valence-electron chi connectivity index (χ4n) is 3.68. The average Bonchev–Trinajstić information content (AvgIpc) is 2.98. The molecule has 0 spiro atoms. The Morgan fingerprint density at radius 3 is 2.67 bits per heavy atom. The number of hydrogen-bond donors (Lipinski definition) is 3. The van der Waals surface area contributed by atoms with Crippen molar-refractivity contribution >= 4 is 22.8 Å². The van der Waals surface area contributed by atoms with Crippen LogP contribution in [0.5, 0.6) is 0 Å². The number of carboxylic acids is 1. The van der Waals surface area contributed by atoms with Gasteiger partial charge in [0.15, 0.2) is 0 Å². The zero-order chi connectivity index (χ0) is 19.8. The molecule has 7 heteroatoms. The molecule has 2 aromatic rings. The number of aromatic nitrogens is 1. The minimum absolute atomic E-state index is 0.375. The Balaban J connectivity index is 1.88. The number of H-pyrrole nitrogens is 1. The molecule has 1 aromatic carbocycles. The van der Waals surface area contributed by atoms with Crippen molar-refractivity contribution in [3.63, 3.8) is 0 Å². The Bertz CT molecular complexity index is 806. The number of carbonyl (C=O) groups is 2. The summed E-state index contributed by atoms with van der Waals surface area (Å²) >= 11 is 0. The van der Waals surface area contributed by atoms with Crippen molar-refractivity contribution in [2.24, 2.45) is 11.7 Å². The van der Waals surface area contributed by atoms with Gasteiger partial charge in [-0.2, -0.15) is 0 Å². The third-order valence-corrected chi connectivity index (χ3v) is 4.85. The average molecular weight is 373 g/mol. The molecule has 0 saturated carbocycles. The van der Waals surface area contributed by atoms with E-state index in [0.29, 0.717) is 25.1 Å². The molecule has 1 saturated heterocycles. The molecule has 0 bridgehead atoms. The van der Waals surface area contributed by atoms with E-state index >= 15 is 0 Å². The molecule has 27 heavy (non-hydrogen) atoms. The van der Waals surface area contributed by atoms with E-state index in [9.17, 15) is 14.7 Å². The van der Waals surface area contributed by atoms with Gasteiger partial charge in [-0.25, -0.2) is 0 Å². The zero-order valence-electron chi connectivity index (χ0n) is 15.9. The Morgan fingerprint density at radius 1 is 1.33 bits per heavy atom. The van der Waals surface area contributed by atoms with Crippen LogP contribution in [-0.4, -0.2) is 45.2 Å². The molecule has 7 nitrogen and oxygen atoms in total. The molecule has 1 fully saturated rings. The summed E-state index contributed by atoms with van der Waals surface area (Å²) in [6.07, 6.45) is 0.550. The normalized spacial score (nSPS) is 22.5. The lowest BCUT2D eigenvalue weighted by Crippen LogP contribution is -2.56. The van der Waals surface area contributed by atoms with Gasteiger partial charge in [-0.1, -0.05) is 18.2 Å². The summed E-state index contributed by atoms with van der Waals surface area (Å²) in [5.74, 6) is -1.92. The van der Waals surface area contributed by atoms with Crippen LogP contribution in [0.3, 0.4) is 0 Å². The molecule has 2 heterocycles. The first-order valence-corrected chi connectivity index (χ1v) is 9.22. The molecule has 146 valence electrons. The fraction of sp³-hybridized carbons (Fsp3) is 0.500. The van der Waals surface area contributed by atoms with Crippen molar-refractivity contribution in [1.29, 1.82) is 0 Å². The maximum atomic E-state index is 12.6. The van der Waals surface area contributed by atoms with Gasteiger partial charge < -0.3 is 20.6 Å². The summed E-state index contributed by atoms with van der Waals surface area (Å²) in [7, 11) is 0. The van der Waals surface area contributed by atoms with Crippen LogP contribution in [0, 0.1) is 5.92 Å². The minimum Gasteiger partial charge on any atom is -0.480 e. The number of nitrogens with one attached hydrogen (secondary N) is 1. The SMILES string of the molecule is CC(C)(C)OC(=O)C1CCCN(C(C(=O)O)c2cc3ccccc3[nH]2)C1N. The van der Waals surface area contributed by atoms with E-state index < -0.39 is 29.7 Å². The van der Waals surface area contributed by atoms with Gasteiger partial charge in [0.1, 0.15) is 11.6 Å². The number of hydrogen-bond acceptors (Lipinski definition) is 5. The molecule has 0 radical (unpaired) electrons. The first-order chi connectivity index (χ1) is 12.7. The lowest BCUT2D eigenvalue weighted by molar-refractivity contribution is -0.167. The minimum atomic E-state index is -0.998. The highest BCUT2D eigenvalue weighted by atomic mass is 16.6. The highest BCUT2D eigenvalue weighted by Gasteiger charge is 2.42. The van der Waals surface area contributed by atoms with Crippen LogP contribution < -0.4 is 5.73 Å². The second kappa shape index (κ2) is 7.32. The number of carbonyl (C=O) groups excluding carboxylic acids is 1. The van der Waals surface area contributed by atoms with E-state index in [4.69, 9.17) is 10.5 Å². The van der Waals surface area contributed by atoms with Crippen molar-refractivity contribution in [2.75, 3.05) is 6.54 Å². The molecule has 1 aliphatic heterocycles. The number of benzene rings is 1. The van der Waals surface area contributed by atoms with Crippen LogP contribution in [0.15, 0.2) is 30.3 Å². The van der Waals surface area contributed by atoms with Crippen molar-refractivity contribution in [1.82, 2.24) is 9.88 Å². The molecule has 1 aromatic heterocycles. The second-order valence-corrected chi connectivity index (χ2v) is 8.06. The Labute approximate surface area is 158 Å². The third-order valence-electron chi connectivity index (χ3n) is 4.85. The summed E-state index contributed by atoms with van der Waals surface area (Å²) < 4.78 is 5.49. The Hall–Kier alpha value is -2.38. The highest BCUT2D eigenvalue weighted by Crippen LogP contribution is 2.32. The maximum Gasteiger partial charge on any atom is 0.327 e. The fourth-order valence-corrected chi connectivity index (χ4v) is 3.68. The number of esters is 1. The number of ether oxygens (including phenoxy) is 1. The van der Waals surface area contributed by atoms with Gasteiger partial charge in [-0.3, -0.25) is 14.5 Å². The summed E-state index contributed by atoms with van der Waals surface area (Å²) in [6, 6.07) is 8.51. The number of aromatic amines is 1. The van der Waals surface area contributed by atoms with Gasteiger partial charge >= 0.3 is 11.9 Å². The molecule has 4 N–H and O–H groups in total. The third kappa shape index (κ3) is 4.14. The van der Waals surface area contributed by atoms with Crippen molar-refractivity contribution < 1.29 is 19.4 Å². The van der Waals surface area contributed by atoms with Crippen LogP contribution in [0.25, 0.3) is 10.9 Å². The number of para-hydroxylation sites is 1. The van der Waals surface area contributed by atoms with Gasteiger partial charge in [-0.05, 0) is 51.1 Å². The number of rotatable bonds is 4. The van der Waals surface area contributed by atoms with E-state index in [1.807, 2.05) is 51.1 Å². The van der Waals surface area contributed by atoms with Crippen molar-refractivity contribution in [2.45, 2.75) is 51.4 Å². The molecule has 3 unspecified atom stereocenters. The number of aliphatic carboxylic acids is 1. The first kappa shape index (κ1) is 19.4. The van der Waals surface area contributed by atoms with E-state index in [0.717, 1.165) is 10.9 Å². The van der Waals surface area contributed by atoms with Gasteiger partial charge in [-0.15, -0.1) is 0 Å². The van der Waals surface area contributed by atoms with E-state index in [2.05, 4.69) is 4.98 Å². The topological polar surface area (TPSA) is 109 Å². The smallest absolute Gasteiger partial charge is 0.327 e. The van der Waals surface area contributed by atoms with E-state index in [1.54, 1.807) is 4.90 Å². The van der Waals surface area contributed by atoms with Crippen LogP contribution in [-0.2, 0) is 14.3 Å². The molecule has 0 aliphatic carbocycles. The Kier molecular flexibility index (Phi) is 5.26. The first-order valence-electron chi connectivity index (χ1n) is 9.22. The second-order valence-electron chi connectivity index (χ2n) is 8.06. The Morgan fingerprint density at radius 2 is 2.04 bits per heavy atom. The number of likely N-dealkylation sites (tertiary alicyclic amines) is 1. The van der Waals surface area contributed by atoms with Crippen LogP contribution >= 0.6 is 0 Å². The van der Waals surface area contributed by atoms with E-state index in [1.165, 1.54) is 0 Å². The molecule has 3 rings (SSSR count). The monoisotopic (exact) mass is 373 g/mol. The number of nitrogens with two attached hydrogens (primary N) is 1. The lowest BCUT2D eigenvalue weighted by Gasteiger charge is -2.41. The quantitative estimate of drug-likeness (QED) is 0.711. The van der Waals surface area contributed by atoms with Crippen molar-refractivity contribution in [3.05, 3.63) is 36.0 Å². The molecule has 3 atom stereocenters. The highest BCUT2D eigenvalue weighted by molar-refractivity contribution is 5.84. The maximum absolute atomic E-state index is 12.6. The standard InChI is InChI=1S/C20H27N3O4/c1-20(2,3)27-19(26)13-8-6-10-23(17(13)21)16(18(24)25)15-11-12-7-4-5-9-14(12)22-15/h4-5,7,9,11,13,16-17,22H,6,8,10,21H2,1-3H3,(H,24,25). The largest absolute Gasteiger partial charge is 0.480 e. The van der Waals surface area contributed by atoms with Crippen molar-refractivity contribution in [3.8, 4) is 0 Å². The van der Waals surface area contributed by atoms with E-state index in [-0.39, 0.29) is 5.97 Å². The summed E-state index contributed by atoms with van der Waals surface area (Å²) in [5.41, 5.74) is 7.18. The van der Waals surface area contributed by atoms with Gasteiger partial charge in [0.05, 0.1) is 12.1 Å². The van der Waals surface area contributed by atoms with Crippen LogP contribution in [0.1, 0.15) is 45.3 Å². The lowest BCUT2D eigenvalue weighted by atomic mass is 9.92. The molecule has 1 aliphatic rings. The summed E-state index contributed by atoms with van der Waals surface area (Å²) in [5, 5.41) is 10.8. The molecular weight excluding hydrogens is 346 g/mol. The predicted octanol–water partition coefficient (Wildman–Crippen LogP) is 2.63.